The Kier molecular flexibility index (Phi) is 3.96. The van der Waals surface area contributed by atoms with Gasteiger partial charge in [0.2, 0.25) is 0 Å². The molecule has 1 aliphatic rings. The number of Topliss-reactive ketones (excluding diaryl/α,β-unsaturated/α-hetero) is 1. The third-order valence-corrected chi connectivity index (χ3v) is 5.54. The molecule has 4 aromatic rings. The Morgan fingerprint density at radius 2 is 1.86 bits per heavy atom. The van der Waals surface area contributed by atoms with Crippen molar-refractivity contribution < 1.29 is 4.79 Å². The second-order valence-corrected chi connectivity index (χ2v) is 8.14. The average molecular weight is 405 g/mol. The summed E-state index contributed by atoms with van der Waals surface area (Å²) in [4.78, 5) is 22.5. The maximum Gasteiger partial charge on any atom is 0.176 e. The molecule has 1 aliphatic carbocycles. The SMILES string of the molecule is CC1(C)CCc2c(c(-c3cnc4ccccc4n3)nn2-c2ccc(Cl)nn2)C1=O. The molecule has 0 saturated carbocycles. The molecule has 8 heteroatoms. The van der Waals surface area contributed by atoms with Gasteiger partial charge in [0.1, 0.15) is 11.4 Å². The van der Waals surface area contributed by atoms with E-state index in [2.05, 4.69) is 15.2 Å². The molecule has 0 unspecified atom stereocenters. The minimum Gasteiger partial charge on any atom is -0.293 e. The van der Waals surface area contributed by atoms with Crippen LogP contribution in [0.1, 0.15) is 36.3 Å². The van der Waals surface area contributed by atoms with Gasteiger partial charge in [0.25, 0.3) is 0 Å². The normalized spacial score (nSPS) is 15.5. The molecule has 0 N–H and O–H groups in total. The molecule has 7 nitrogen and oxygen atoms in total. The number of fused-ring (bicyclic) bond motifs is 2. The molecular weight excluding hydrogens is 388 g/mol. The zero-order valence-electron chi connectivity index (χ0n) is 15.9. The lowest BCUT2D eigenvalue weighted by Crippen LogP contribution is -2.31. The van der Waals surface area contributed by atoms with E-state index in [-0.39, 0.29) is 5.78 Å². The highest BCUT2D eigenvalue weighted by Crippen LogP contribution is 2.39. The second kappa shape index (κ2) is 6.42. The van der Waals surface area contributed by atoms with Crippen LogP contribution in [0.2, 0.25) is 5.15 Å². The minimum atomic E-state index is -0.467. The number of rotatable bonds is 2. The van der Waals surface area contributed by atoms with Gasteiger partial charge in [0.05, 0.1) is 28.5 Å². The maximum absolute atomic E-state index is 13.3. The summed E-state index contributed by atoms with van der Waals surface area (Å²) in [5.74, 6) is 0.565. The molecule has 0 amide bonds. The highest BCUT2D eigenvalue weighted by atomic mass is 35.5. The summed E-state index contributed by atoms with van der Waals surface area (Å²) in [6, 6.07) is 11.0. The van der Waals surface area contributed by atoms with Gasteiger partial charge in [-0.15, -0.1) is 10.2 Å². The van der Waals surface area contributed by atoms with E-state index in [0.29, 0.717) is 34.3 Å². The predicted molar refractivity (Wildman–Crippen MR) is 109 cm³/mol. The summed E-state index contributed by atoms with van der Waals surface area (Å²) in [6.07, 6.45) is 3.10. The Morgan fingerprint density at radius 3 is 2.62 bits per heavy atom. The molecule has 29 heavy (non-hydrogen) atoms. The van der Waals surface area contributed by atoms with E-state index in [1.165, 1.54) is 0 Å². The van der Waals surface area contributed by atoms with Crippen LogP contribution in [-0.4, -0.2) is 35.7 Å². The predicted octanol–water partition coefficient (Wildman–Crippen LogP) is 4.08. The number of nitrogens with zero attached hydrogens (tertiary/aromatic N) is 6. The van der Waals surface area contributed by atoms with Crippen LogP contribution >= 0.6 is 11.6 Å². The molecule has 3 heterocycles. The van der Waals surface area contributed by atoms with Crippen LogP contribution in [0.5, 0.6) is 0 Å². The van der Waals surface area contributed by atoms with E-state index in [1.807, 2.05) is 38.1 Å². The van der Waals surface area contributed by atoms with Crippen LogP contribution in [0.4, 0.5) is 0 Å². The Hall–Kier alpha value is -3.19. The van der Waals surface area contributed by atoms with Crippen molar-refractivity contribution in [1.29, 1.82) is 0 Å². The number of carbonyl (C=O) groups excluding carboxylic acids is 1. The first kappa shape index (κ1) is 17.9. The molecule has 0 bridgehead atoms. The fourth-order valence-corrected chi connectivity index (χ4v) is 3.77. The summed E-state index contributed by atoms with van der Waals surface area (Å²) in [5.41, 5.74) is 3.56. The van der Waals surface area contributed by atoms with Crippen LogP contribution in [0.15, 0.2) is 42.6 Å². The van der Waals surface area contributed by atoms with Gasteiger partial charge in [-0.05, 0) is 37.1 Å². The zero-order chi connectivity index (χ0) is 20.2. The van der Waals surface area contributed by atoms with E-state index >= 15 is 0 Å². The highest BCUT2D eigenvalue weighted by Gasteiger charge is 2.40. The molecule has 0 atom stereocenters. The van der Waals surface area contributed by atoms with E-state index < -0.39 is 5.41 Å². The topological polar surface area (TPSA) is 86.4 Å². The van der Waals surface area contributed by atoms with Gasteiger partial charge in [0.15, 0.2) is 16.8 Å². The molecule has 1 aromatic carbocycles. The van der Waals surface area contributed by atoms with Crippen LogP contribution in [0.25, 0.3) is 28.2 Å². The summed E-state index contributed by atoms with van der Waals surface area (Å²) >= 11 is 5.88. The molecule has 0 spiro atoms. The maximum atomic E-state index is 13.3. The van der Waals surface area contributed by atoms with Crippen LogP contribution < -0.4 is 0 Å². The van der Waals surface area contributed by atoms with E-state index in [4.69, 9.17) is 21.7 Å². The average Bonchev–Trinajstić information content (AvgIpc) is 3.11. The first-order valence-electron chi connectivity index (χ1n) is 9.32. The van der Waals surface area contributed by atoms with Crippen LogP contribution in [0.3, 0.4) is 0 Å². The molecule has 3 aromatic heterocycles. The van der Waals surface area contributed by atoms with Crippen LogP contribution in [0, 0.1) is 5.41 Å². The van der Waals surface area contributed by atoms with Gasteiger partial charge < -0.3 is 0 Å². The third-order valence-electron chi connectivity index (χ3n) is 5.34. The summed E-state index contributed by atoms with van der Waals surface area (Å²) < 4.78 is 1.68. The Bertz CT molecular complexity index is 1260. The summed E-state index contributed by atoms with van der Waals surface area (Å²) in [7, 11) is 0. The summed E-state index contributed by atoms with van der Waals surface area (Å²) in [5, 5.41) is 13.1. The van der Waals surface area contributed by atoms with Gasteiger partial charge >= 0.3 is 0 Å². The summed E-state index contributed by atoms with van der Waals surface area (Å²) in [6.45, 7) is 3.93. The van der Waals surface area contributed by atoms with Gasteiger partial charge in [-0.25, -0.2) is 9.67 Å². The number of hydrogen-bond donors (Lipinski definition) is 0. The Morgan fingerprint density at radius 1 is 1.07 bits per heavy atom. The van der Waals surface area contributed by atoms with Crippen LogP contribution in [-0.2, 0) is 6.42 Å². The molecule has 0 fully saturated rings. The fourth-order valence-electron chi connectivity index (χ4n) is 3.67. The molecule has 5 rings (SSSR count). The number of halogens is 1. The van der Waals surface area contributed by atoms with E-state index in [0.717, 1.165) is 23.1 Å². The molecule has 144 valence electrons. The highest BCUT2D eigenvalue weighted by molar-refractivity contribution is 6.29. The van der Waals surface area contributed by atoms with Crippen molar-refractivity contribution in [3.63, 3.8) is 0 Å². The Balaban J connectivity index is 1.76. The Labute approximate surface area is 171 Å². The number of para-hydroxylation sites is 2. The van der Waals surface area contributed by atoms with E-state index in [9.17, 15) is 4.79 Å². The lowest BCUT2D eigenvalue weighted by Gasteiger charge is -2.28. The standard InChI is InChI=1S/C21H17ClN6O/c1-21(2)10-9-15-18(20(21)29)19(27-28(15)17-8-7-16(22)25-26-17)14-11-23-12-5-3-4-6-13(12)24-14/h3-8,11H,9-10H2,1-2H3. The van der Waals surface area contributed by atoms with E-state index in [1.54, 1.807) is 23.0 Å². The van der Waals surface area contributed by atoms with Crippen molar-refractivity contribution >= 4 is 28.4 Å². The van der Waals surface area contributed by atoms with Crippen molar-refractivity contribution in [3.05, 3.63) is 59.0 Å². The number of ketones is 1. The van der Waals surface area contributed by atoms with Crippen molar-refractivity contribution in [1.82, 2.24) is 29.9 Å². The van der Waals surface area contributed by atoms with Gasteiger partial charge in [-0.2, -0.15) is 5.10 Å². The van der Waals surface area contributed by atoms with Crippen molar-refractivity contribution in [2.45, 2.75) is 26.7 Å². The molecule has 0 saturated heterocycles. The monoisotopic (exact) mass is 404 g/mol. The second-order valence-electron chi connectivity index (χ2n) is 7.75. The minimum absolute atomic E-state index is 0.0527. The molecule has 0 radical (unpaired) electrons. The van der Waals surface area contributed by atoms with Crippen molar-refractivity contribution in [2.24, 2.45) is 5.41 Å². The quantitative estimate of drug-likeness (QED) is 0.500. The number of benzene rings is 1. The first-order chi connectivity index (χ1) is 13.9. The largest absolute Gasteiger partial charge is 0.293 e. The van der Waals surface area contributed by atoms with Gasteiger partial charge in [-0.1, -0.05) is 37.6 Å². The van der Waals surface area contributed by atoms with Crippen molar-refractivity contribution in [3.8, 4) is 17.2 Å². The van der Waals surface area contributed by atoms with Gasteiger partial charge in [0, 0.05) is 5.41 Å². The van der Waals surface area contributed by atoms with Gasteiger partial charge in [-0.3, -0.25) is 9.78 Å². The third kappa shape index (κ3) is 2.89. The smallest absolute Gasteiger partial charge is 0.176 e. The van der Waals surface area contributed by atoms with Crippen molar-refractivity contribution in [2.75, 3.05) is 0 Å². The fraction of sp³-hybridized carbons (Fsp3) is 0.238. The number of hydrogen-bond acceptors (Lipinski definition) is 6. The number of aromatic nitrogens is 6. The lowest BCUT2D eigenvalue weighted by molar-refractivity contribution is 0.0811. The first-order valence-corrected chi connectivity index (χ1v) is 9.70. The molecular formula is C21H17ClN6O. The lowest BCUT2D eigenvalue weighted by atomic mass is 9.74. The molecule has 0 aliphatic heterocycles. The number of carbonyl (C=O) groups is 1. The zero-order valence-corrected chi connectivity index (χ0v) is 16.7.